The Morgan fingerprint density at radius 3 is 2.41 bits per heavy atom. The van der Waals surface area contributed by atoms with Gasteiger partial charge in [0.1, 0.15) is 24.0 Å². The van der Waals surface area contributed by atoms with E-state index in [0.717, 1.165) is 32.7 Å². The zero-order valence-electron chi connectivity index (χ0n) is 20.3. The van der Waals surface area contributed by atoms with Crippen LogP contribution in [0.2, 0.25) is 0 Å². The zero-order valence-corrected chi connectivity index (χ0v) is 21.9. The highest BCUT2D eigenvalue weighted by molar-refractivity contribution is 9.10. The van der Waals surface area contributed by atoms with Crippen LogP contribution in [-0.4, -0.2) is 10.5 Å². The van der Waals surface area contributed by atoms with E-state index in [1.54, 1.807) is 24.3 Å². The Morgan fingerprint density at radius 2 is 1.73 bits per heavy atom. The van der Waals surface area contributed by atoms with Crippen molar-refractivity contribution >= 4 is 33.6 Å². The number of carbonyl (C=O) groups is 1. The van der Waals surface area contributed by atoms with Gasteiger partial charge in [-0.15, -0.1) is 0 Å². The van der Waals surface area contributed by atoms with Crippen LogP contribution in [0.5, 0.6) is 5.75 Å². The number of halogens is 1. The third kappa shape index (κ3) is 5.98. The predicted molar refractivity (Wildman–Crippen MR) is 147 cm³/mol. The molecule has 0 saturated carbocycles. The van der Waals surface area contributed by atoms with E-state index in [9.17, 15) is 15.3 Å². The number of benzene rings is 3. The van der Waals surface area contributed by atoms with Gasteiger partial charge >= 0.3 is 0 Å². The normalized spacial score (nSPS) is 10.9. The van der Waals surface area contributed by atoms with Gasteiger partial charge in [-0.1, -0.05) is 34.1 Å². The van der Waals surface area contributed by atoms with E-state index in [-0.39, 0.29) is 5.57 Å². The van der Waals surface area contributed by atoms with E-state index in [0.29, 0.717) is 23.6 Å². The summed E-state index contributed by atoms with van der Waals surface area (Å²) in [7, 11) is 0. The van der Waals surface area contributed by atoms with Gasteiger partial charge in [-0.3, -0.25) is 4.79 Å². The van der Waals surface area contributed by atoms with Gasteiger partial charge in [-0.05, 0) is 86.2 Å². The van der Waals surface area contributed by atoms with Crippen molar-refractivity contribution in [2.75, 3.05) is 5.32 Å². The van der Waals surface area contributed by atoms with Crippen molar-refractivity contribution in [2.45, 2.75) is 20.5 Å². The first-order valence-corrected chi connectivity index (χ1v) is 12.3. The fourth-order valence-electron chi connectivity index (χ4n) is 3.97. The summed E-state index contributed by atoms with van der Waals surface area (Å²) in [5, 5.41) is 21.7. The van der Waals surface area contributed by atoms with E-state index in [2.05, 4.69) is 31.9 Å². The highest BCUT2D eigenvalue weighted by Crippen LogP contribution is 2.25. The Balaban J connectivity index is 1.51. The van der Waals surface area contributed by atoms with Crippen LogP contribution in [0, 0.1) is 36.5 Å². The Bertz CT molecular complexity index is 1550. The maximum atomic E-state index is 12.7. The molecule has 0 spiro atoms. The molecule has 7 heteroatoms. The van der Waals surface area contributed by atoms with Gasteiger partial charge in [0.25, 0.3) is 5.91 Å². The second-order valence-electron chi connectivity index (χ2n) is 8.34. The van der Waals surface area contributed by atoms with E-state index in [1.807, 2.05) is 80.6 Å². The molecule has 0 saturated heterocycles. The van der Waals surface area contributed by atoms with E-state index < -0.39 is 5.91 Å². The maximum absolute atomic E-state index is 12.7. The van der Waals surface area contributed by atoms with Crippen LogP contribution in [0.25, 0.3) is 11.8 Å². The number of hydrogen-bond acceptors (Lipinski definition) is 4. The van der Waals surface area contributed by atoms with E-state index in [4.69, 9.17) is 4.74 Å². The average molecular weight is 551 g/mol. The first-order chi connectivity index (χ1) is 17.9. The molecule has 6 nitrogen and oxygen atoms in total. The standard InChI is InChI=1S/C30H23BrN4O2/c1-20-15-24(16-25(18-33)30(36)34-27-9-7-26(31)8-10-27)21(2)35(20)28-11-13-29(14-12-28)37-19-23-6-4-3-5-22(23)17-32/h3-16H,19H2,1-2H3,(H,34,36)/b25-16-. The smallest absolute Gasteiger partial charge is 0.266 e. The van der Waals surface area contributed by atoms with Crippen molar-refractivity contribution in [3.05, 3.63) is 117 Å². The Kier molecular flexibility index (Phi) is 7.88. The minimum atomic E-state index is -0.464. The van der Waals surface area contributed by atoms with Crippen molar-refractivity contribution in [1.29, 1.82) is 10.5 Å². The van der Waals surface area contributed by atoms with E-state index in [1.165, 1.54) is 0 Å². The number of carbonyl (C=O) groups excluding carboxylic acids is 1. The molecule has 182 valence electrons. The molecule has 37 heavy (non-hydrogen) atoms. The van der Waals surface area contributed by atoms with Crippen LogP contribution < -0.4 is 10.1 Å². The van der Waals surface area contributed by atoms with Crippen molar-refractivity contribution in [3.8, 4) is 23.6 Å². The lowest BCUT2D eigenvalue weighted by molar-refractivity contribution is -0.112. The number of rotatable bonds is 7. The summed E-state index contributed by atoms with van der Waals surface area (Å²) in [6.45, 7) is 4.23. The summed E-state index contributed by atoms with van der Waals surface area (Å²) in [4.78, 5) is 12.7. The highest BCUT2D eigenvalue weighted by atomic mass is 79.9. The summed E-state index contributed by atoms with van der Waals surface area (Å²) in [6.07, 6.45) is 1.61. The fraction of sp³-hybridized carbons (Fsp3) is 0.100. The number of nitrogens with zero attached hydrogens (tertiary/aromatic N) is 3. The summed E-state index contributed by atoms with van der Waals surface area (Å²) < 4.78 is 8.85. The molecule has 4 aromatic rings. The number of ether oxygens (including phenoxy) is 1. The third-order valence-electron chi connectivity index (χ3n) is 5.86. The zero-order chi connectivity index (χ0) is 26.4. The molecular formula is C30H23BrN4O2. The molecule has 0 aliphatic carbocycles. The molecule has 0 radical (unpaired) electrons. The van der Waals surface area contributed by atoms with Crippen molar-refractivity contribution in [3.63, 3.8) is 0 Å². The molecule has 0 atom stereocenters. The second kappa shape index (κ2) is 11.4. The van der Waals surface area contributed by atoms with Gasteiger partial charge in [0.2, 0.25) is 0 Å². The molecule has 0 fully saturated rings. The molecule has 1 aromatic heterocycles. The first kappa shape index (κ1) is 25.5. The van der Waals surface area contributed by atoms with Crippen molar-refractivity contribution < 1.29 is 9.53 Å². The summed E-state index contributed by atoms with van der Waals surface area (Å²) in [5.41, 5.74) is 5.64. The second-order valence-corrected chi connectivity index (χ2v) is 9.26. The Morgan fingerprint density at radius 1 is 1.03 bits per heavy atom. The number of nitrogens with one attached hydrogen (secondary N) is 1. The van der Waals surface area contributed by atoms with Crippen LogP contribution in [0.3, 0.4) is 0 Å². The van der Waals surface area contributed by atoms with Gasteiger partial charge in [0.15, 0.2) is 0 Å². The number of hydrogen-bond donors (Lipinski definition) is 1. The van der Waals surface area contributed by atoms with Crippen LogP contribution in [0.15, 0.2) is 88.9 Å². The molecule has 0 aliphatic rings. The number of nitriles is 2. The topological polar surface area (TPSA) is 90.8 Å². The first-order valence-electron chi connectivity index (χ1n) is 11.5. The molecule has 1 N–H and O–H groups in total. The van der Waals surface area contributed by atoms with Gasteiger partial charge in [-0.2, -0.15) is 10.5 Å². The number of anilines is 1. The molecule has 0 aliphatic heterocycles. The minimum absolute atomic E-state index is 0.0181. The SMILES string of the molecule is Cc1cc(/C=C(/C#N)C(=O)Nc2ccc(Br)cc2)c(C)n1-c1ccc(OCc2ccccc2C#N)cc1. The quantitative estimate of drug-likeness (QED) is 0.201. The van der Waals surface area contributed by atoms with Crippen molar-refractivity contribution in [1.82, 2.24) is 4.57 Å². The van der Waals surface area contributed by atoms with Crippen LogP contribution >= 0.6 is 15.9 Å². The van der Waals surface area contributed by atoms with Gasteiger partial charge in [0.05, 0.1) is 11.6 Å². The van der Waals surface area contributed by atoms with Gasteiger partial charge in [0, 0.05) is 32.8 Å². The van der Waals surface area contributed by atoms with Crippen molar-refractivity contribution in [2.24, 2.45) is 0 Å². The number of aryl methyl sites for hydroxylation is 1. The number of aromatic nitrogens is 1. The summed E-state index contributed by atoms with van der Waals surface area (Å²) in [5.74, 6) is 0.226. The van der Waals surface area contributed by atoms with E-state index >= 15 is 0 Å². The summed E-state index contributed by atoms with van der Waals surface area (Å²) >= 11 is 3.36. The predicted octanol–water partition coefficient (Wildman–Crippen LogP) is 6.85. The lowest BCUT2D eigenvalue weighted by atomic mass is 10.1. The number of amides is 1. The summed E-state index contributed by atoms with van der Waals surface area (Å²) in [6, 6.07) is 28.3. The molecule has 3 aromatic carbocycles. The van der Waals surface area contributed by atoms with Gasteiger partial charge < -0.3 is 14.6 Å². The average Bonchev–Trinajstić information content (AvgIpc) is 3.19. The van der Waals surface area contributed by atoms with Crippen LogP contribution in [0.4, 0.5) is 5.69 Å². The molecule has 4 rings (SSSR count). The molecule has 1 heterocycles. The monoisotopic (exact) mass is 550 g/mol. The lowest BCUT2D eigenvalue weighted by Gasteiger charge is -2.12. The maximum Gasteiger partial charge on any atom is 0.266 e. The fourth-order valence-corrected chi connectivity index (χ4v) is 4.24. The molecular weight excluding hydrogens is 528 g/mol. The Labute approximate surface area is 224 Å². The minimum Gasteiger partial charge on any atom is -0.489 e. The molecule has 1 amide bonds. The molecule has 0 bridgehead atoms. The highest BCUT2D eigenvalue weighted by Gasteiger charge is 2.14. The van der Waals surface area contributed by atoms with Crippen LogP contribution in [-0.2, 0) is 11.4 Å². The third-order valence-corrected chi connectivity index (χ3v) is 6.39. The lowest BCUT2D eigenvalue weighted by Crippen LogP contribution is -2.13. The van der Waals surface area contributed by atoms with Gasteiger partial charge in [-0.25, -0.2) is 0 Å². The Hall–Kier alpha value is -4.59. The van der Waals surface area contributed by atoms with Crippen LogP contribution in [0.1, 0.15) is 28.1 Å². The largest absolute Gasteiger partial charge is 0.489 e. The molecule has 0 unspecified atom stereocenters.